The average molecular weight is 447 g/mol. The molecule has 7 nitrogen and oxygen atoms in total. The number of nitrogen functional groups attached to an aromatic ring is 1. The smallest absolute Gasteiger partial charge is 0.251 e. The molecule has 33 heavy (non-hydrogen) atoms. The number of aliphatic hydroxyl groups is 1. The molecule has 0 saturated carbocycles. The quantitative estimate of drug-likeness (QED) is 0.569. The lowest BCUT2D eigenvalue weighted by Crippen LogP contribution is -2.40. The average Bonchev–Trinajstić information content (AvgIpc) is 2.83. The van der Waals surface area contributed by atoms with Gasteiger partial charge < -0.3 is 21.1 Å². The molecule has 0 saturated heterocycles. The topological polar surface area (TPSA) is 109 Å². The highest BCUT2D eigenvalue weighted by atomic mass is 16.3. The van der Waals surface area contributed by atoms with Crippen molar-refractivity contribution in [1.29, 1.82) is 0 Å². The fourth-order valence-corrected chi connectivity index (χ4v) is 3.87. The number of rotatable bonds is 4. The fraction of sp³-hybridized carbons (Fsp3) is 0.269. The van der Waals surface area contributed by atoms with Gasteiger partial charge in [0.05, 0.1) is 6.61 Å². The molecule has 0 spiro atoms. The lowest BCUT2D eigenvalue weighted by molar-refractivity contribution is -0.117. The number of benzene rings is 2. The van der Waals surface area contributed by atoms with E-state index >= 15 is 0 Å². The highest BCUT2D eigenvalue weighted by molar-refractivity contribution is 5.95. The molecule has 3 aromatic rings. The van der Waals surface area contributed by atoms with Gasteiger partial charge >= 0.3 is 0 Å². The van der Waals surface area contributed by atoms with E-state index in [4.69, 9.17) is 10.8 Å². The van der Waals surface area contributed by atoms with Crippen LogP contribution in [0.4, 0.5) is 11.5 Å². The molecule has 2 amide bonds. The number of carbonyl (C=O) groups excluding carboxylic acids is 2. The number of aromatic nitrogens is 1. The minimum atomic E-state index is -0.192. The number of fused-ring (bicyclic) bond motifs is 1. The number of carbonyl (C=O) groups is 2. The van der Waals surface area contributed by atoms with Crippen molar-refractivity contribution < 1.29 is 14.7 Å². The third-order valence-corrected chi connectivity index (χ3v) is 5.52. The van der Waals surface area contributed by atoms with Crippen molar-refractivity contribution in [3.63, 3.8) is 0 Å². The Bertz CT molecular complexity index is 1080. The summed E-state index contributed by atoms with van der Waals surface area (Å²) >= 11 is 0. The van der Waals surface area contributed by atoms with Gasteiger partial charge in [0.1, 0.15) is 5.82 Å². The minimum absolute atomic E-state index is 0.0736. The molecule has 0 unspecified atom stereocenters. The summed E-state index contributed by atoms with van der Waals surface area (Å²) in [5.74, 6) is 0.453. The highest BCUT2D eigenvalue weighted by Crippen LogP contribution is 2.34. The first-order valence-electron chi connectivity index (χ1n) is 11.0. The van der Waals surface area contributed by atoms with Crippen LogP contribution in [-0.4, -0.2) is 41.1 Å². The zero-order chi connectivity index (χ0) is 23.8. The summed E-state index contributed by atoms with van der Waals surface area (Å²) in [6.07, 6.45) is 3.57. The van der Waals surface area contributed by atoms with Gasteiger partial charge in [0, 0.05) is 37.0 Å². The van der Waals surface area contributed by atoms with Crippen molar-refractivity contribution in [3.8, 4) is 11.1 Å². The molecule has 0 fully saturated rings. The largest absolute Gasteiger partial charge is 0.395 e. The summed E-state index contributed by atoms with van der Waals surface area (Å²) in [5.41, 5.74) is 10.1. The maximum absolute atomic E-state index is 12.0. The number of pyridine rings is 1. The standard InChI is InChI=1S/C21H24N2O3.C5H6N2/c1-14-3-4-19-13-18(9-10-20(19)23(14)15(2)25)16-5-7-17(8-6-16)21(26)22-11-12-24;6-5-3-1-2-4-7-5/h5-10,13-14,24H,3-4,11-12H2,1-2H3,(H,22,26);1-4H,(H2,6,7)/t14-;/m0./s1. The second kappa shape index (κ2) is 11.2. The van der Waals surface area contributed by atoms with Crippen LogP contribution in [0.1, 0.15) is 36.2 Å². The van der Waals surface area contributed by atoms with E-state index in [-0.39, 0.29) is 31.0 Å². The van der Waals surface area contributed by atoms with Crippen molar-refractivity contribution in [2.24, 2.45) is 0 Å². The van der Waals surface area contributed by atoms with Crippen LogP contribution in [0.5, 0.6) is 0 Å². The molecular formula is C26H30N4O3. The number of nitrogens with one attached hydrogen (secondary N) is 1. The Kier molecular flexibility index (Phi) is 8.16. The summed E-state index contributed by atoms with van der Waals surface area (Å²) in [6.45, 7) is 3.87. The maximum atomic E-state index is 12.0. The van der Waals surface area contributed by atoms with Crippen LogP contribution in [0, 0.1) is 0 Å². The van der Waals surface area contributed by atoms with E-state index < -0.39 is 0 Å². The number of aryl methyl sites for hydroxylation is 1. The van der Waals surface area contributed by atoms with E-state index in [1.54, 1.807) is 31.3 Å². The van der Waals surface area contributed by atoms with Crippen molar-refractivity contribution in [1.82, 2.24) is 10.3 Å². The van der Waals surface area contributed by atoms with Crippen LogP contribution in [0.3, 0.4) is 0 Å². The van der Waals surface area contributed by atoms with Crippen LogP contribution in [-0.2, 0) is 11.2 Å². The van der Waals surface area contributed by atoms with Crippen LogP contribution in [0.15, 0.2) is 66.9 Å². The van der Waals surface area contributed by atoms with Gasteiger partial charge in [-0.05, 0) is 72.9 Å². The second-order valence-electron chi connectivity index (χ2n) is 7.93. The first-order valence-corrected chi connectivity index (χ1v) is 11.0. The lowest BCUT2D eigenvalue weighted by atomic mass is 9.93. The number of amides is 2. The second-order valence-corrected chi connectivity index (χ2v) is 7.93. The number of hydrogen-bond acceptors (Lipinski definition) is 5. The predicted octanol–water partition coefficient (Wildman–Crippen LogP) is 3.43. The summed E-state index contributed by atoms with van der Waals surface area (Å²) in [4.78, 5) is 29.5. The number of aliphatic hydroxyl groups excluding tert-OH is 1. The molecule has 2 aromatic carbocycles. The summed E-state index contributed by atoms with van der Waals surface area (Å²) < 4.78 is 0. The van der Waals surface area contributed by atoms with Crippen LogP contribution < -0.4 is 16.0 Å². The summed E-state index contributed by atoms with van der Waals surface area (Å²) in [6, 6.07) is 19.2. The molecule has 0 aliphatic carbocycles. The third-order valence-electron chi connectivity index (χ3n) is 5.52. The van der Waals surface area contributed by atoms with E-state index in [0.717, 1.165) is 29.7 Å². The van der Waals surface area contributed by atoms with Crippen molar-refractivity contribution in [2.75, 3.05) is 23.8 Å². The number of nitrogens with two attached hydrogens (primary N) is 1. The van der Waals surface area contributed by atoms with E-state index in [2.05, 4.69) is 23.3 Å². The first-order chi connectivity index (χ1) is 15.9. The van der Waals surface area contributed by atoms with Gasteiger partial charge in [0.15, 0.2) is 0 Å². The Morgan fingerprint density at radius 1 is 1.12 bits per heavy atom. The highest BCUT2D eigenvalue weighted by Gasteiger charge is 2.26. The van der Waals surface area contributed by atoms with E-state index in [0.29, 0.717) is 11.4 Å². The molecule has 1 atom stereocenters. The molecule has 2 heterocycles. The van der Waals surface area contributed by atoms with Crippen molar-refractivity contribution in [2.45, 2.75) is 32.7 Å². The van der Waals surface area contributed by atoms with Crippen LogP contribution >= 0.6 is 0 Å². The van der Waals surface area contributed by atoms with Gasteiger partial charge in [-0.2, -0.15) is 0 Å². The van der Waals surface area contributed by atoms with Gasteiger partial charge in [-0.3, -0.25) is 9.59 Å². The Morgan fingerprint density at radius 3 is 2.42 bits per heavy atom. The van der Waals surface area contributed by atoms with Crippen LogP contribution in [0.25, 0.3) is 11.1 Å². The molecule has 7 heteroatoms. The lowest BCUT2D eigenvalue weighted by Gasteiger charge is -2.34. The zero-order valence-electron chi connectivity index (χ0n) is 19.0. The molecule has 1 aromatic heterocycles. The number of nitrogens with zero attached hydrogens (tertiary/aromatic N) is 2. The van der Waals surface area contributed by atoms with E-state index in [9.17, 15) is 9.59 Å². The number of hydrogen-bond donors (Lipinski definition) is 3. The fourth-order valence-electron chi connectivity index (χ4n) is 3.87. The van der Waals surface area contributed by atoms with Gasteiger partial charge in [0.25, 0.3) is 5.91 Å². The Labute approximate surface area is 194 Å². The van der Waals surface area contributed by atoms with Crippen LogP contribution in [0.2, 0.25) is 0 Å². The van der Waals surface area contributed by atoms with Crippen molar-refractivity contribution in [3.05, 3.63) is 78.0 Å². The van der Waals surface area contributed by atoms with Gasteiger partial charge in [0.2, 0.25) is 5.91 Å². The minimum Gasteiger partial charge on any atom is -0.395 e. The molecule has 4 N–H and O–H groups in total. The summed E-state index contributed by atoms with van der Waals surface area (Å²) in [5, 5.41) is 11.4. The molecule has 1 aliphatic rings. The molecule has 4 rings (SSSR count). The molecule has 172 valence electrons. The summed E-state index contributed by atoms with van der Waals surface area (Å²) in [7, 11) is 0. The monoisotopic (exact) mass is 446 g/mol. The molecular weight excluding hydrogens is 416 g/mol. The molecule has 0 bridgehead atoms. The third kappa shape index (κ3) is 6.17. The number of anilines is 2. The van der Waals surface area contributed by atoms with Gasteiger partial charge in [-0.25, -0.2) is 4.98 Å². The van der Waals surface area contributed by atoms with Gasteiger partial charge in [-0.15, -0.1) is 0 Å². The molecule has 1 aliphatic heterocycles. The zero-order valence-corrected chi connectivity index (χ0v) is 19.0. The first kappa shape index (κ1) is 23.9. The maximum Gasteiger partial charge on any atom is 0.251 e. The van der Waals surface area contributed by atoms with Gasteiger partial charge in [-0.1, -0.05) is 24.3 Å². The molecule has 0 radical (unpaired) electrons. The Hall–Kier alpha value is -3.71. The van der Waals surface area contributed by atoms with Crippen molar-refractivity contribution >= 4 is 23.3 Å². The Balaban J connectivity index is 0.000000374. The van der Waals surface area contributed by atoms with E-state index in [1.807, 2.05) is 41.3 Å². The van der Waals surface area contributed by atoms with E-state index in [1.165, 1.54) is 5.56 Å². The SMILES string of the molecule is CC(=O)N1c2ccc(-c3ccc(C(=O)NCCO)cc3)cc2CC[C@@H]1C.Nc1ccccn1. The Morgan fingerprint density at radius 2 is 1.85 bits per heavy atom. The predicted molar refractivity (Wildman–Crippen MR) is 131 cm³/mol. The normalized spacial score (nSPS) is 14.5.